The van der Waals surface area contributed by atoms with Gasteiger partial charge in [-0.1, -0.05) is 97.9 Å². The second kappa shape index (κ2) is 12.4. The van der Waals surface area contributed by atoms with Gasteiger partial charge in [0, 0.05) is 36.9 Å². The fourth-order valence-corrected chi connectivity index (χ4v) is 6.66. The first-order valence-electron chi connectivity index (χ1n) is 15.7. The van der Waals surface area contributed by atoms with Crippen molar-refractivity contribution in [1.82, 2.24) is 29.6 Å². The topological polar surface area (TPSA) is 109 Å². The molecule has 0 radical (unpaired) electrons. The van der Waals surface area contributed by atoms with E-state index in [2.05, 4.69) is 94.7 Å². The van der Waals surface area contributed by atoms with Crippen molar-refractivity contribution < 1.29 is 9.90 Å². The number of anilines is 1. The van der Waals surface area contributed by atoms with E-state index in [4.69, 9.17) is 15.1 Å². The number of carboxylic acid groups (broad SMARTS) is 1. The summed E-state index contributed by atoms with van der Waals surface area (Å²) >= 11 is 0. The maximum Gasteiger partial charge on any atom is 0.407 e. The highest BCUT2D eigenvalue weighted by Crippen LogP contribution is 2.43. The van der Waals surface area contributed by atoms with E-state index in [0.29, 0.717) is 31.2 Å². The Morgan fingerprint density at radius 2 is 1.50 bits per heavy atom. The summed E-state index contributed by atoms with van der Waals surface area (Å²) in [5.41, 5.74) is 5.44. The largest absolute Gasteiger partial charge is 0.465 e. The summed E-state index contributed by atoms with van der Waals surface area (Å²) in [6, 6.07) is 35.2. The van der Waals surface area contributed by atoms with Crippen LogP contribution in [-0.4, -0.2) is 60.0 Å². The maximum atomic E-state index is 11.6. The number of nitrogens with one attached hydrogen (secondary N) is 1. The third-order valence-electron chi connectivity index (χ3n) is 8.83. The zero-order valence-corrected chi connectivity index (χ0v) is 25.6. The first-order valence-corrected chi connectivity index (χ1v) is 15.7. The van der Waals surface area contributed by atoms with Gasteiger partial charge in [0.1, 0.15) is 11.2 Å². The Balaban J connectivity index is 1.45. The summed E-state index contributed by atoms with van der Waals surface area (Å²) in [5, 5.41) is 19.3. The lowest BCUT2D eigenvalue weighted by molar-refractivity contribution is 0.132. The zero-order chi connectivity index (χ0) is 31.5. The van der Waals surface area contributed by atoms with Crippen LogP contribution in [0.4, 0.5) is 10.7 Å². The fourth-order valence-electron chi connectivity index (χ4n) is 6.66. The molecule has 4 heterocycles. The Labute approximate surface area is 267 Å². The van der Waals surface area contributed by atoms with E-state index in [9.17, 15) is 9.90 Å². The molecule has 0 bridgehead atoms. The molecule has 3 aromatic heterocycles. The smallest absolute Gasteiger partial charge is 0.407 e. The van der Waals surface area contributed by atoms with Crippen molar-refractivity contribution in [1.29, 1.82) is 0 Å². The van der Waals surface area contributed by atoms with Crippen LogP contribution in [0.2, 0.25) is 0 Å². The molecule has 2 N–H and O–H groups in total. The Kier molecular flexibility index (Phi) is 7.88. The van der Waals surface area contributed by atoms with E-state index < -0.39 is 11.6 Å². The number of piperidine rings is 1. The van der Waals surface area contributed by atoms with Gasteiger partial charge in [0.2, 0.25) is 5.95 Å². The quantitative estimate of drug-likeness (QED) is 0.182. The molecule has 0 saturated carbocycles. The highest BCUT2D eigenvalue weighted by molar-refractivity contribution is 5.91. The number of hydrogen-bond donors (Lipinski definition) is 2. The van der Waals surface area contributed by atoms with E-state index in [-0.39, 0.29) is 6.04 Å². The van der Waals surface area contributed by atoms with Crippen LogP contribution in [0, 0.1) is 0 Å². The van der Waals surface area contributed by atoms with E-state index >= 15 is 0 Å². The van der Waals surface area contributed by atoms with E-state index in [1.54, 1.807) is 6.20 Å². The number of carbonyl (C=O) groups is 1. The second-order valence-corrected chi connectivity index (χ2v) is 11.6. The predicted molar refractivity (Wildman–Crippen MR) is 179 cm³/mol. The molecule has 6 aromatic rings. The highest BCUT2D eigenvalue weighted by Gasteiger charge is 2.41. The zero-order valence-electron chi connectivity index (χ0n) is 25.6. The monoisotopic (exact) mass is 609 g/mol. The van der Waals surface area contributed by atoms with E-state index in [0.717, 1.165) is 51.8 Å². The number of aromatic nitrogens is 5. The van der Waals surface area contributed by atoms with Gasteiger partial charge in [-0.2, -0.15) is 5.10 Å². The van der Waals surface area contributed by atoms with Crippen molar-refractivity contribution in [2.75, 3.05) is 18.4 Å². The van der Waals surface area contributed by atoms with Crippen LogP contribution in [0.25, 0.3) is 22.4 Å². The van der Waals surface area contributed by atoms with Crippen molar-refractivity contribution in [3.63, 3.8) is 0 Å². The average Bonchev–Trinajstić information content (AvgIpc) is 3.50. The standard InChI is InChI=1S/C37H35N7O2/c1-2-26-24-39-35(40-30-20-13-23-43(25-30)36(45)46)41-32(26)33-31-21-12-22-38-34(31)44(42-33)37(27-14-6-3-7-15-27,28-16-8-4-9-17-28)29-18-10-5-11-19-29/h3-12,14-19,21-22,24,30H,2,13,20,23,25H2,1H3,(H,45,46)(H,39,40,41)/t30-/m0/s1. The van der Waals surface area contributed by atoms with Gasteiger partial charge in [-0.05, 0) is 53.6 Å². The Hall–Kier alpha value is -5.57. The lowest BCUT2D eigenvalue weighted by Crippen LogP contribution is -2.44. The van der Waals surface area contributed by atoms with Gasteiger partial charge >= 0.3 is 6.09 Å². The molecule has 230 valence electrons. The summed E-state index contributed by atoms with van der Waals surface area (Å²) < 4.78 is 2.05. The fraction of sp³-hybridized carbons (Fsp3) is 0.216. The number of likely N-dealkylation sites (tertiary alicyclic amines) is 1. The number of amides is 1. The summed E-state index contributed by atoms with van der Waals surface area (Å²) in [6.45, 7) is 3.01. The van der Waals surface area contributed by atoms with E-state index in [1.807, 2.05) is 36.5 Å². The lowest BCUT2D eigenvalue weighted by atomic mass is 9.77. The highest BCUT2D eigenvalue weighted by atomic mass is 16.4. The van der Waals surface area contributed by atoms with Crippen LogP contribution in [0.5, 0.6) is 0 Å². The summed E-state index contributed by atoms with van der Waals surface area (Å²) in [4.78, 5) is 27.7. The third-order valence-corrected chi connectivity index (χ3v) is 8.83. The minimum Gasteiger partial charge on any atom is -0.465 e. The van der Waals surface area contributed by atoms with Crippen molar-refractivity contribution in [2.45, 2.75) is 37.8 Å². The first-order chi connectivity index (χ1) is 22.6. The minimum absolute atomic E-state index is 0.0805. The average molecular weight is 610 g/mol. The molecule has 46 heavy (non-hydrogen) atoms. The Morgan fingerprint density at radius 1 is 0.870 bits per heavy atom. The number of rotatable bonds is 8. The number of pyridine rings is 1. The molecule has 1 aliphatic rings. The van der Waals surface area contributed by atoms with Gasteiger partial charge < -0.3 is 15.3 Å². The van der Waals surface area contributed by atoms with Crippen LogP contribution in [0.3, 0.4) is 0 Å². The third kappa shape index (κ3) is 5.13. The maximum absolute atomic E-state index is 11.6. The normalized spacial score (nSPS) is 15.2. The van der Waals surface area contributed by atoms with Crippen molar-refractivity contribution >= 4 is 23.1 Å². The Bertz CT molecular complexity index is 1870. The molecule has 9 heteroatoms. The molecule has 0 spiro atoms. The van der Waals surface area contributed by atoms with Crippen LogP contribution >= 0.6 is 0 Å². The molecule has 3 aromatic carbocycles. The van der Waals surface area contributed by atoms with Crippen LogP contribution < -0.4 is 5.32 Å². The molecular weight excluding hydrogens is 574 g/mol. The summed E-state index contributed by atoms with van der Waals surface area (Å²) in [5.74, 6) is 0.455. The molecule has 1 aliphatic heterocycles. The number of nitrogens with zero attached hydrogens (tertiary/aromatic N) is 6. The van der Waals surface area contributed by atoms with Crippen LogP contribution in [0.15, 0.2) is 116 Å². The van der Waals surface area contributed by atoms with Gasteiger partial charge in [-0.25, -0.2) is 24.4 Å². The van der Waals surface area contributed by atoms with Gasteiger partial charge in [-0.3, -0.25) is 0 Å². The minimum atomic E-state index is -0.905. The predicted octanol–water partition coefficient (Wildman–Crippen LogP) is 6.85. The van der Waals surface area contributed by atoms with E-state index in [1.165, 1.54) is 4.90 Å². The van der Waals surface area contributed by atoms with Crippen LogP contribution in [0.1, 0.15) is 42.0 Å². The molecule has 9 nitrogen and oxygen atoms in total. The molecule has 1 amide bonds. The van der Waals surface area contributed by atoms with Crippen molar-refractivity contribution in [3.05, 3.63) is 138 Å². The van der Waals surface area contributed by atoms with Crippen molar-refractivity contribution in [3.8, 4) is 11.4 Å². The molecule has 1 atom stereocenters. The number of aryl methyl sites for hydroxylation is 1. The molecule has 0 unspecified atom stereocenters. The molecule has 0 aliphatic carbocycles. The summed E-state index contributed by atoms with van der Waals surface area (Å²) in [6.07, 6.45) is 5.08. The molecule has 1 fully saturated rings. The molecule has 7 rings (SSSR count). The molecular formula is C37H35N7O2. The lowest BCUT2D eigenvalue weighted by Gasteiger charge is -2.36. The van der Waals surface area contributed by atoms with Gasteiger partial charge in [0.15, 0.2) is 5.65 Å². The molecule has 1 saturated heterocycles. The van der Waals surface area contributed by atoms with Gasteiger partial charge in [0.25, 0.3) is 0 Å². The van der Waals surface area contributed by atoms with Crippen molar-refractivity contribution in [2.24, 2.45) is 0 Å². The SMILES string of the molecule is CCc1cnc(N[C@H]2CCCN(C(=O)O)C2)nc1-c1nn(C(c2ccccc2)(c2ccccc2)c2ccccc2)c2ncccc12. The number of fused-ring (bicyclic) bond motifs is 1. The van der Waals surface area contributed by atoms with Gasteiger partial charge in [0.05, 0.1) is 5.69 Å². The summed E-state index contributed by atoms with van der Waals surface area (Å²) in [7, 11) is 0. The first kappa shape index (κ1) is 29.2. The van der Waals surface area contributed by atoms with Crippen LogP contribution in [-0.2, 0) is 12.0 Å². The Morgan fingerprint density at radius 3 is 2.09 bits per heavy atom. The second-order valence-electron chi connectivity index (χ2n) is 11.6. The number of hydrogen-bond acceptors (Lipinski definition) is 6. The van der Waals surface area contributed by atoms with Gasteiger partial charge in [-0.15, -0.1) is 0 Å². The number of benzene rings is 3.